The Kier molecular flexibility index (Phi) is 4.69. The van der Waals surface area contributed by atoms with Crippen LogP contribution in [-0.4, -0.2) is 10.2 Å². The van der Waals surface area contributed by atoms with Crippen LogP contribution in [0.1, 0.15) is 16.7 Å². The summed E-state index contributed by atoms with van der Waals surface area (Å²) in [5.74, 6) is -0.0646. The molecule has 0 atom stereocenters. The number of rotatable bonds is 2. The quantitative estimate of drug-likeness (QED) is 0.196. The maximum Gasteiger partial charge on any atom is 0.270 e. The molecule has 1 saturated heterocycles. The maximum atomic E-state index is 13.3. The number of nitrogens with zero attached hydrogens (tertiary/aromatic N) is 1. The fraction of sp³-hybridized carbons (Fsp3) is 0.0769. The Morgan fingerprint density at radius 2 is 1.47 bits per heavy atom. The summed E-state index contributed by atoms with van der Waals surface area (Å²) in [6.45, 7) is 4.11. The largest absolute Gasteiger partial charge is 0.270 e. The standard InChI is InChI=1S/C26H19NOS2/c1-16-11-12-20(13-17(16)2)27-25(28)24(30-26(27)29)15-23-21-9-5-3-7-18(21)14-19-8-4-6-10-22(19)23/h3-15H,1-2H3. The molecule has 0 N–H and O–H groups in total. The van der Waals surface area contributed by atoms with Crippen LogP contribution in [0.15, 0.2) is 77.7 Å². The highest BCUT2D eigenvalue weighted by Gasteiger charge is 2.33. The number of benzene rings is 4. The van der Waals surface area contributed by atoms with Crippen LogP contribution in [0.4, 0.5) is 5.69 Å². The molecule has 1 fully saturated rings. The van der Waals surface area contributed by atoms with Gasteiger partial charge in [0.05, 0.1) is 10.6 Å². The predicted molar refractivity (Wildman–Crippen MR) is 133 cm³/mol. The molecule has 146 valence electrons. The van der Waals surface area contributed by atoms with Gasteiger partial charge in [-0.1, -0.05) is 78.6 Å². The topological polar surface area (TPSA) is 20.3 Å². The fourth-order valence-corrected chi connectivity index (χ4v) is 5.17. The highest BCUT2D eigenvalue weighted by molar-refractivity contribution is 8.27. The first kappa shape index (κ1) is 19.0. The minimum Gasteiger partial charge on any atom is -0.268 e. The molecule has 1 heterocycles. The van der Waals surface area contributed by atoms with E-state index in [2.05, 4.69) is 44.2 Å². The zero-order chi connectivity index (χ0) is 20.8. The number of anilines is 1. The Morgan fingerprint density at radius 3 is 2.10 bits per heavy atom. The molecule has 0 unspecified atom stereocenters. The number of hydrogen-bond donors (Lipinski definition) is 0. The Hall–Kier alpha value is -2.95. The van der Waals surface area contributed by atoms with Crippen molar-refractivity contribution in [1.82, 2.24) is 0 Å². The van der Waals surface area contributed by atoms with Crippen molar-refractivity contribution in [2.75, 3.05) is 4.90 Å². The Bertz CT molecular complexity index is 1330. The molecule has 4 heteroatoms. The van der Waals surface area contributed by atoms with Crippen molar-refractivity contribution in [1.29, 1.82) is 0 Å². The Morgan fingerprint density at radius 1 is 0.833 bits per heavy atom. The lowest BCUT2D eigenvalue weighted by atomic mass is 9.96. The average molecular weight is 426 g/mol. The summed E-state index contributed by atoms with van der Waals surface area (Å²) in [5.41, 5.74) is 4.23. The SMILES string of the molecule is Cc1ccc(N2C(=O)C(=Cc3c4ccccc4cc4ccccc34)SC2=S)cc1C. The first-order valence-electron chi connectivity index (χ1n) is 9.78. The van der Waals surface area contributed by atoms with Crippen molar-refractivity contribution in [2.45, 2.75) is 13.8 Å². The van der Waals surface area contributed by atoms with Gasteiger partial charge in [-0.15, -0.1) is 0 Å². The van der Waals surface area contributed by atoms with E-state index in [4.69, 9.17) is 12.2 Å². The van der Waals surface area contributed by atoms with Crippen molar-refractivity contribution < 1.29 is 4.79 Å². The van der Waals surface area contributed by atoms with Crippen molar-refractivity contribution in [3.63, 3.8) is 0 Å². The van der Waals surface area contributed by atoms with Crippen molar-refractivity contribution in [2.24, 2.45) is 0 Å². The van der Waals surface area contributed by atoms with Crippen LogP contribution in [0.3, 0.4) is 0 Å². The lowest BCUT2D eigenvalue weighted by Crippen LogP contribution is -2.27. The summed E-state index contributed by atoms with van der Waals surface area (Å²) in [4.78, 5) is 15.6. The van der Waals surface area contributed by atoms with Gasteiger partial charge in [-0.3, -0.25) is 9.69 Å². The van der Waals surface area contributed by atoms with Gasteiger partial charge in [-0.25, -0.2) is 0 Å². The number of aryl methyl sites for hydroxylation is 2. The van der Waals surface area contributed by atoms with Crippen LogP contribution < -0.4 is 4.90 Å². The number of fused-ring (bicyclic) bond motifs is 2. The normalized spacial score (nSPS) is 15.7. The van der Waals surface area contributed by atoms with E-state index in [-0.39, 0.29) is 5.91 Å². The minimum atomic E-state index is -0.0646. The third kappa shape index (κ3) is 3.13. The zero-order valence-electron chi connectivity index (χ0n) is 16.7. The summed E-state index contributed by atoms with van der Waals surface area (Å²) in [7, 11) is 0. The Balaban J connectivity index is 1.66. The Labute approximate surface area is 185 Å². The average Bonchev–Trinajstić information content (AvgIpc) is 3.03. The second-order valence-corrected chi connectivity index (χ2v) is 9.19. The van der Waals surface area contributed by atoms with Gasteiger partial charge in [-0.2, -0.15) is 0 Å². The minimum absolute atomic E-state index is 0.0646. The van der Waals surface area contributed by atoms with Gasteiger partial charge in [0, 0.05) is 0 Å². The van der Waals surface area contributed by atoms with Crippen molar-refractivity contribution in [3.8, 4) is 0 Å². The van der Waals surface area contributed by atoms with Gasteiger partial charge >= 0.3 is 0 Å². The van der Waals surface area contributed by atoms with Gasteiger partial charge in [0.25, 0.3) is 5.91 Å². The van der Waals surface area contributed by atoms with E-state index in [0.29, 0.717) is 9.23 Å². The monoisotopic (exact) mass is 425 g/mol. The number of thioether (sulfide) groups is 1. The summed E-state index contributed by atoms with van der Waals surface area (Å²) >= 11 is 6.96. The smallest absolute Gasteiger partial charge is 0.268 e. The second-order valence-electron chi connectivity index (χ2n) is 7.52. The first-order chi connectivity index (χ1) is 14.5. The van der Waals surface area contributed by atoms with Gasteiger partial charge in [-0.05, 0) is 76.4 Å². The predicted octanol–water partition coefficient (Wildman–Crippen LogP) is 7.02. The highest BCUT2D eigenvalue weighted by atomic mass is 32.2. The summed E-state index contributed by atoms with van der Waals surface area (Å²) in [6.07, 6.45) is 2.00. The molecule has 0 radical (unpaired) electrons. The molecule has 5 rings (SSSR count). The zero-order valence-corrected chi connectivity index (χ0v) is 18.3. The van der Waals surface area contributed by atoms with Crippen molar-refractivity contribution in [3.05, 3.63) is 94.4 Å². The van der Waals surface area contributed by atoms with Gasteiger partial charge in [0.2, 0.25) is 0 Å². The molecular weight excluding hydrogens is 406 g/mol. The lowest BCUT2D eigenvalue weighted by Gasteiger charge is -2.16. The van der Waals surface area contributed by atoms with E-state index in [9.17, 15) is 4.79 Å². The lowest BCUT2D eigenvalue weighted by molar-refractivity contribution is -0.113. The third-order valence-corrected chi connectivity index (χ3v) is 6.93. The molecular formula is C26H19NOS2. The van der Waals surface area contributed by atoms with Crippen LogP contribution in [0, 0.1) is 13.8 Å². The van der Waals surface area contributed by atoms with Crippen LogP contribution in [0.25, 0.3) is 27.6 Å². The summed E-state index contributed by atoms with van der Waals surface area (Å²) < 4.78 is 0.569. The van der Waals surface area contributed by atoms with E-state index in [1.165, 1.54) is 17.3 Å². The molecule has 1 amide bonds. The van der Waals surface area contributed by atoms with Gasteiger partial charge < -0.3 is 0 Å². The molecule has 1 aliphatic rings. The van der Waals surface area contributed by atoms with E-state index in [1.54, 1.807) is 4.90 Å². The maximum absolute atomic E-state index is 13.3. The van der Waals surface area contributed by atoms with Crippen molar-refractivity contribution >= 4 is 67.5 Å². The van der Waals surface area contributed by atoms with Crippen LogP contribution in [0.2, 0.25) is 0 Å². The van der Waals surface area contributed by atoms with Gasteiger partial charge in [0.15, 0.2) is 4.32 Å². The second kappa shape index (κ2) is 7.38. The van der Waals surface area contributed by atoms with E-state index < -0.39 is 0 Å². The molecule has 0 saturated carbocycles. The summed E-state index contributed by atoms with van der Waals surface area (Å²) in [6, 6.07) is 24.8. The van der Waals surface area contributed by atoms with Crippen LogP contribution >= 0.6 is 24.0 Å². The summed E-state index contributed by atoms with van der Waals surface area (Å²) in [5, 5.41) is 4.58. The molecule has 0 aliphatic carbocycles. The number of carbonyl (C=O) groups excluding carboxylic acids is 1. The number of carbonyl (C=O) groups is 1. The van der Waals surface area contributed by atoms with E-state index >= 15 is 0 Å². The van der Waals surface area contributed by atoms with E-state index in [0.717, 1.165) is 38.4 Å². The molecule has 0 spiro atoms. The molecule has 0 bridgehead atoms. The number of thiocarbonyl (C=S) groups is 1. The molecule has 4 aromatic rings. The van der Waals surface area contributed by atoms with Gasteiger partial charge in [0.1, 0.15) is 0 Å². The van der Waals surface area contributed by atoms with Crippen LogP contribution in [-0.2, 0) is 4.79 Å². The number of hydrogen-bond acceptors (Lipinski definition) is 3. The molecule has 0 aromatic heterocycles. The molecule has 1 aliphatic heterocycles. The van der Waals surface area contributed by atoms with E-state index in [1.807, 2.05) is 48.5 Å². The van der Waals surface area contributed by atoms with Crippen LogP contribution in [0.5, 0.6) is 0 Å². The molecule has 30 heavy (non-hydrogen) atoms. The molecule has 4 aromatic carbocycles. The fourth-order valence-electron chi connectivity index (χ4n) is 3.89. The highest BCUT2D eigenvalue weighted by Crippen LogP contribution is 2.39. The first-order valence-corrected chi connectivity index (χ1v) is 11.0. The molecule has 2 nitrogen and oxygen atoms in total. The number of amides is 1. The third-order valence-electron chi connectivity index (χ3n) is 5.63.